The van der Waals surface area contributed by atoms with Crippen molar-refractivity contribution in [3.63, 3.8) is 0 Å². The van der Waals surface area contributed by atoms with E-state index < -0.39 is 5.25 Å². The normalized spacial score (nSPS) is 18.0. The van der Waals surface area contributed by atoms with Gasteiger partial charge >= 0.3 is 0 Å². The van der Waals surface area contributed by atoms with Crippen LogP contribution in [0.15, 0.2) is 51.9 Å². The average molecular weight is 481 g/mol. The van der Waals surface area contributed by atoms with Gasteiger partial charge in [-0.25, -0.2) is 4.99 Å². The molecule has 1 atom stereocenters. The van der Waals surface area contributed by atoms with Gasteiger partial charge in [0.05, 0.1) is 11.4 Å². The second kappa shape index (κ2) is 9.11. The Morgan fingerprint density at radius 2 is 2.07 bits per heavy atom. The fourth-order valence-corrected chi connectivity index (χ4v) is 4.49. The molecule has 0 aromatic heterocycles. The Hall–Kier alpha value is -1.83. The van der Waals surface area contributed by atoms with Crippen molar-refractivity contribution < 1.29 is 9.59 Å². The van der Waals surface area contributed by atoms with Crippen LogP contribution >= 0.6 is 39.3 Å². The zero-order chi connectivity index (χ0) is 20.3. The molecule has 3 rings (SSSR count). The summed E-state index contributed by atoms with van der Waals surface area (Å²) in [5, 5.41) is 3.56. The molecule has 1 N–H and O–H groups in total. The summed E-state index contributed by atoms with van der Waals surface area (Å²) in [7, 11) is 0. The highest BCUT2D eigenvalue weighted by molar-refractivity contribution is 9.10. The molecule has 1 heterocycles. The largest absolute Gasteiger partial charge is 0.325 e. The number of carbonyl (C=O) groups is 2. The number of thioether (sulfide) groups is 1. The predicted octanol–water partition coefficient (Wildman–Crippen LogP) is 5.39. The topological polar surface area (TPSA) is 61.8 Å². The Kier molecular flexibility index (Phi) is 6.80. The number of para-hydroxylation sites is 1. The van der Waals surface area contributed by atoms with Crippen LogP contribution in [0.5, 0.6) is 0 Å². The molecular weight excluding hydrogens is 462 g/mol. The Morgan fingerprint density at radius 1 is 1.32 bits per heavy atom. The van der Waals surface area contributed by atoms with Gasteiger partial charge in [0.25, 0.3) is 0 Å². The summed E-state index contributed by atoms with van der Waals surface area (Å²) in [5.41, 5.74) is 2.33. The van der Waals surface area contributed by atoms with Crippen LogP contribution in [-0.4, -0.2) is 33.7 Å². The molecule has 2 amide bonds. The van der Waals surface area contributed by atoms with Gasteiger partial charge in [0.1, 0.15) is 5.25 Å². The molecule has 0 aliphatic carbocycles. The van der Waals surface area contributed by atoms with Gasteiger partial charge in [-0.3, -0.25) is 14.5 Å². The van der Waals surface area contributed by atoms with Crippen molar-refractivity contribution in [1.82, 2.24) is 4.90 Å². The third-order valence-corrected chi connectivity index (χ3v) is 6.51. The number of halogens is 2. The summed E-state index contributed by atoms with van der Waals surface area (Å²) < 4.78 is 0.794. The summed E-state index contributed by atoms with van der Waals surface area (Å²) in [4.78, 5) is 31.3. The van der Waals surface area contributed by atoms with Crippen molar-refractivity contribution >= 4 is 67.6 Å². The highest BCUT2D eigenvalue weighted by atomic mass is 79.9. The van der Waals surface area contributed by atoms with E-state index in [4.69, 9.17) is 11.6 Å². The van der Waals surface area contributed by atoms with E-state index in [1.165, 1.54) is 11.8 Å². The van der Waals surface area contributed by atoms with Crippen LogP contribution in [-0.2, 0) is 9.59 Å². The molecule has 0 spiro atoms. The van der Waals surface area contributed by atoms with Gasteiger partial charge in [-0.1, -0.05) is 41.6 Å². The van der Waals surface area contributed by atoms with Gasteiger partial charge < -0.3 is 5.32 Å². The Labute approximate surface area is 181 Å². The molecule has 0 saturated carbocycles. The SMILES string of the molecule is CCN1C(=O)C(CC(=O)Nc2ccccc2Br)SC1=Nc1ccc(C)c(Cl)c1. The number of benzene rings is 2. The first-order chi connectivity index (χ1) is 13.4. The van der Waals surface area contributed by atoms with Crippen molar-refractivity contribution in [2.24, 2.45) is 4.99 Å². The molecule has 0 radical (unpaired) electrons. The van der Waals surface area contributed by atoms with Crippen LogP contribution in [0, 0.1) is 6.92 Å². The standard InChI is InChI=1S/C20H19BrClN3O2S/c1-3-25-19(27)17(11-18(26)24-16-7-5-4-6-14(16)21)28-20(25)23-13-9-8-12(2)15(22)10-13/h4-10,17H,3,11H2,1-2H3,(H,24,26). The molecule has 2 aromatic rings. The second-order valence-corrected chi connectivity index (χ2v) is 8.68. The predicted molar refractivity (Wildman–Crippen MR) is 119 cm³/mol. The number of aliphatic imine (C=N–C) groups is 1. The number of hydrogen-bond donors (Lipinski definition) is 1. The summed E-state index contributed by atoms with van der Waals surface area (Å²) >= 11 is 10.9. The number of hydrogen-bond acceptors (Lipinski definition) is 4. The first-order valence-electron chi connectivity index (χ1n) is 8.76. The van der Waals surface area contributed by atoms with Crippen molar-refractivity contribution in [1.29, 1.82) is 0 Å². The van der Waals surface area contributed by atoms with Gasteiger partial charge in [-0.15, -0.1) is 0 Å². The third-order valence-electron chi connectivity index (χ3n) is 4.24. The van der Waals surface area contributed by atoms with E-state index in [0.717, 1.165) is 10.0 Å². The van der Waals surface area contributed by atoms with E-state index in [0.29, 0.717) is 28.1 Å². The van der Waals surface area contributed by atoms with Gasteiger partial charge in [-0.2, -0.15) is 0 Å². The summed E-state index contributed by atoms with van der Waals surface area (Å²) in [6.07, 6.45) is 0.0784. The molecule has 1 aliphatic rings. The van der Waals surface area contributed by atoms with Crippen LogP contribution in [0.2, 0.25) is 5.02 Å². The minimum absolute atomic E-state index is 0.0784. The monoisotopic (exact) mass is 479 g/mol. The number of carbonyl (C=O) groups excluding carboxylic acids is 2. The van der Waals surface area contributed by atoms with Crippen LogP contribution in [0.25, 0.3) is 0 Å². The molecule has 2 aromatic carbocycles. The number of rotatable bonds is 5. The molecule has 0 bridgehead atoms. The van der Waals surface area contributed by atoms with Crippen molar-refractivity contribution in [2.45, 2.75) is 25.5 Å². The number of nitrogens with one attached hydrogen (secondary N) is 1. The number of amides is 2. The highest BCUT2D eigenvalue weighted by Crippen LogP contribution is 2.33. The van der Waals surface area contributed by atoms with Crippen LogP contribution in [0.1, 0.15) is 18.9 Å². The quantitative estimate of drug-likeness (QED) is 0.624. The number of nitrogens with zero attached hydrogens (tertiary/aromatic N) is 2. The average Bonchev–Trinajstić information content (AvgIpc) is 2.94. The Morgan fingerprint density at radius 3 is 2.75 bits per heavy atom. The van der Waals surface area contributed by atoms with Crippen molar-refractivity contribution in [3.05, 3.63) is 57.5 Å². The number of amidine groups is 1. The third kappa shape index (κ3) is 4.77. The molecule has 146 valence electrons. The smallest absolute Gasteiger partial charge is 0.242 e. The molecule has 1 saturated heterocycles. The summed E-state index contributed by atoms with van der Waals surface area (Å²) in [5.74, 6) is -0.319. The lowest BCUT2D eigenvalue weighted by molar-refractivity contribution is -0.128. The Bertz CT molecular complexity index is 951. The van der Waals surface area contributed by atoms with Crippen LogP contribution in [0.3, 0.4) is 0 Å². The molecule has 1 aliphatic heterocycles. The molecule has 28 heavy (non-hydrogen) atoms. The van der Waals surface area contributed by atoms with Crippen molar-refractivity contribution in [3.8, 4) is 0 Å². The lowest BCUT2D eigenvalue weighted by atomic mass is 10.2. The van der Waals surface area contributed by atoms with E-state index in [1.807, 2.05) is 44.2 Å². The number of anilines is 1. The van der Waals surface area contributed by atoms with E-state index >= 15 is 0 Å². The van der Waals surface area contributed by atoms with Crippen molar-refractivity contribution in [2.75, 3.05) is 11.9 Å². The molecular formula is C20H19BrClN3O2S. The van der Waals surface area contributed by atoms with Gasteiger partial charge in [0, 0.05) is 22.5 Å². The van der Waals surface area contributed by atoms with Crippen LogP contribution < -0.4 is 5.32 Å². The minimum Gasteiger partial charge on any atom is -0.325 e. The van der Waals surface area contributed by atoms with Gasteiger partial charge in [0.15, 0.2) is 5.17 Å². The molecule has 5 nitrogen and oxygen atoms in total. The minimum atomic E-state index is -0.498. The highest BCUT2D eigenvalue weighted by Gasteiger charge is 2.38. The molecule has 1 unspecified atom stereocenters. The first-order valence-corrected chi connectivity index (χ1v) is 10.8. The van der Waals surface area contributed by atoms with Gasteiger partial charge in [-0.05, 0) is 59.6 Å². The first kappa shape index (κ1) is 20.9. The zero-order valence-corrected chi connectivity index (χ0v) is 18.6. The summed E-state index contributed by atoms with van der Waals surface area (Å²) in [6.45, 7) is 4.30. The van der Waals surface area contributed by atoms with Crippen LogP contribution in [0.4, 0.5) is 11.4 Å². The maximum atomic E-state index is 12.7. The molecule has 1 fully saturated rings. The summed E-state index contributed by atoms with van der Waals surface area (Å²) in [6, 6.07) is 12.9. The fourth-order valence-electron chi connectivity index (χ4n) is 2.71. The zero-order valence-electron chi connectivity index (χ0n) is 15.4. The van der Waals surface area contributed by atoms with Gasteiger partial charge in [0.2, 0.25) is 11.8 Å². The maximum Gasteiger partial charge on any atom is 0.242 e. The molecule has 8 heteroatoms. The van der Waals surface area contributed by atoms with E-state index in [1.54, 1.807) is 17.0 Å². The van der Waals surface area contributed by atoms with E-state index in [-0.39, 0.29) is 18.2 Å². The lowest BCUT2D eigenvalue weighted by Crippen LogP contribution is -2.33. The second-order valence-electron chi connectivity index (χ2n) is 6.25. The Balaban J connectivity index is 1.74. The van der Waals surface area contributed by atoms with E-state index in [9.17, 15) is 9.59 Å². The maximum absolute atomic E-state index is 12.7. The lowest BCUT2D eigenvalue weighted by Gasteiger charge is -2.13. The fraction of sp³-hybridized carbons (Fsp3) is 0.250. The van der Waals surface area contributed by atoms with E-state index in [2.05, 4.69) is 26.2 Å². The number of aryl methyl sites for hydroxylation is 1.